The molecule has 3 nitrogen and oxygen atoms in total. The number of thioether (sulfide) groups is 1. The second kappa shape index (κ2) is 8.82. The molecule has 0 aliphatic heterocycles. The van der Waals surface area contributed by atoms with E-state index in [0.29, 0.717) is 5.15 Å². The molecule has 0 aliphatic carbocycles. The summed E-state index contributed by atoms with van der Waals surface area (Å²) >= 11 is 7.54. The van der Waals surface area contributed by atoms with Gasteiger partial charge in [-0.3, -0.25) is 0 Å². The molecule has 1 aromatic rings. The van der Waals surface area contributed by atoms with Gasteiger partial charge in [0, 0.05) is 31.6 Å². The van der Waals surface area contributed by atoms with Crippen LogP contribution in [0.25, 0.3) is 0 Å². The fraction of sp³-hybridized carbons (Fsp3) is 0.545. The fourth-order valence-electron chi connectivity index (χ4n) is 1.16. The number of nitrogens with one attached hydrogen (secondary N) is 1. The number of rotatable bonds is 8. The highest BCUT2D eigenvalue weighted by Crippen LogP contribution is 2.05. The van der Waals surface area contributed by atoms with Gasteiger partial charge in [-0.2, -0.15) is 11.8 Å². The molecular formula is C11H17ClN2OS. The van der Waals surface area contributed by atoms with Gasteiger partial charge in [-0.25, -0.2) is 4.98 Å². The van der Waals surface area contributed by atoms with Gasteiger partial charge in [0.1, 0.15) is 5.15 Å². The number of hydrogen-bond donors (Lipinski definition) is 2. The van der Waals surface area contributed by atoms with Crippen molar-refractivity contribution >= 4 is 23.4 Å². The molecule has 0 unspecified atom stereocenters. The van der Waals surface area contributed by atoms with Crippen LogP contribution < -0.4 is 5.32 Å². The van der Waals surface area contributed by atoms with Crippen LogP contribution in [0.5, 0.6) is 0 Å². The van der Waals surface area contributed by atoms with Crippen LogP contribution in [0.1, 0.15) is 12.0 Å². The lowest BCUT2D eigenvalue weighted by molar-refractivity contribution is 0.296. The molecule has 0 bridgehead atoms. The molecule has 0 spiro atoms. The lowest BCUT2D eigenvalue weighted by Crippen LogP contribution is -2.16. The van der Waals surface area contributed by atoms with Crippen LogP contribution in [-0.2, 0) is 6.54 Å². The summed E-state index contributed by atoms with van der Waals surface area (Å²) in [7, 11) is 0. The van der Waals surface area contributed by atoms with Crippen LogP contribution in [-0.4, -0.2) is 34.7 Å². The Morgan fingerprint density at radius 3 is 2.94 bits per heavy atom. The highest BCUT2D eigenvalue weighted by atomic mass is 35.5. The van der Waals surface area contributed by atoms with E-state index in [-0.39, 0.29) is 6.61 Å². The van der Waals surface area contributed by atoms with E-state index in [1.54, 1.807) is 12.3 Å². The van der Waals surface area contributed by atoms with Crippen molar-refractivity contribution in [2.24, 2.45) is 0 Å². The Hall–Kier alpha value is -0.290. The highest BCUT2D eigenvalue weighted by Gasteiger charge is 1.94. The van der Waals surface area contributed by atoms with E-state index in [0.717, 1.165) is 36.6 Å². The first-order chi connectivity index (χ1) is 7.83. The van der Waals surface area contributed by atoms with E-state index in [2.05, 4.69) is 10.3 Å². The van der Waals surface area contributed by atoms with Gasteiger partial charge in [-0.05, 0) is 23.8 Å². The standard InChI is InChI=1S/C11H17ClN2OS/c12-11-3-2-10(9-14-11)8-13-4-7-16-6-1-5-15/h2-3,9,13,15H,1,4-8H2. The van der Waals surface area contributed by atoms with Gasteiger partial charge in [0.15, 0.2) is 0 Å². The van der Waals surface area contributed by atoms with Gasteiger partial charge < -0.3 is 10.4 Å². The molecule has 0 saturated heterocycles. The Bertz CT molecular complexity index is 282. The van der Waals surface area contributed by atoms with Gasteiger partial charge in [0.25, 0.3) is 0 Å². The van der Waals surface area contributed by atoms with Crippen molar-refractivity contribution in [1.82, 2.24) is 10.3 Å². The first-order valence-corrected chi connectivity index (χ1v) is 6.86. The lowest BCUT2D eigenvalue weighted by atomic mass is 10.3. The number of aromatic nitrogens is 1. The summed E-state index contributed by atoms with van der Waals surface area (Å²) in [6, 6.07) is 3.77. The summed E-state index contributed by atoms with van der Waals surface area (Å²) in [5.74, 6) is 2.10. The third-order valence-corrected chi connectivity index (χ3v) is 3.28. The topological polar surface area (TPSA) is 45.1 Å². The fourth-order valence-corrected chi connectivity index (χ4v) is 2.09. The second-order valence-electron chi connectivity index (χ2n) is 3.36. The Balaban J connectivity index is 2.01. The predicted molar refractivity (Wildman–Crippen MR) is 70.0 cm³/mol. The van der Waals surface area contributed by atoms with Crippen molar-refractivity contribution in [1.29, 1.82) is 0 Å². The zero-order chi connectivity index (χ0) is 11.6. The first kappa shape index (κ1) is 13.8. The maximum absolute atomic E-state index is 8.59. The smallest absolute Gasteiger partial charge is 0.129 e. The molecule has 0 radical (unpaired) electrons. The van der Waals surface area contributed by atoms with Crippen molar-refractivity contribution in [2.75, 3.05) is 24.7 Å². The van der Waals surface area contributed by atoms with E-state index < -0.39 is 0 Å². The van der Waals surface area contributed by atoms with E-state index in [4.69, 9.17) is 16.7 Å². The van der Waals surface area contributed by atoms with E-state index in [1.165, 1.54) is 0 Å². The normalized spacial score (nSPS) is 10.6. The summed E-state index contributed by atoms with van der Waals surface area (Å²) < 4.78 is 0. The third kappa shape index (κ3) is 6.33. The number of aliphatic hydroxyl groups is 1. The van der Waals surface area contributed by atoms with Crippen LogP contribution >= 0.6 is 23.4 Å². The number of aliphatic hydroxyl groups excluding tert-OH is 1. The van der Waals surface area contributed by atoms with Gasteiger partial charge in [-0.15, -0.1) is 0 Å². The maximum atomic E-state index is 8.59. The van der Waals surface area contributed by atoms with Crippen molar-refractivity contribution < 1.29 is 5.11 Å². The summed E-state index contributed by atoms with van der Waals surface area (Å²) in [4.78, 5) is 4.01. The van der Waals surface area contributed by atoms with Crippen molar-refractivity contribution in [3.8, 4) is 0 Å². The Labute approximate surface area is 106 Å². The Morgan fingerprint density at radius 2 is 2.25 bits per heavy atom. The van der Waals surface area contributed by atoms with Crippen molar-refractivity contribution in [3.63, 3.8) is 0 Å². The zero-order valence-corrected chi connectivity index (χ0v) is 10.7. The third-order valence-electron chi connectivity index (χ3n) is 1.99. The van der Waals surface area contributed by atoms with Crippen LogP contribution in [0.15, 0.2) is 18.3 Å². The minimum atomic E-state index is 0.289. The predicted octanol–water partition coefficient (Wildman–Crippen LogP) is 1.94. The number of pyridine rings is 1. The van der Waals surface area contributed by atoms with Crippen LogP contribution in [0.3, 0.4) is 0 Å². The molecule has 1 heterocycles. The molecule has 1 aromatic heterocycles. The monoisotopic (exact) mass is 260 g/mol. The van der Waals surface area contributed by atoms with Crippen molar-refractivity contribution in [3.05, 3.63) is 29.0 Å². The van der Waals surface area contributed by atoms with Crippen LogP contribution in [0, 0.1) is 0 Å². The van der Waals surface area contributed by atoms with Gasteiger partial charge >= 0.3 is 0 Å². The average molecular weight is 261 g/mol. The summed E-state index contributed by atoms with van der Waals surface area (Å²) in [5.41, 5.74) is 1.14. The molecule has 16 heavy (non-hydrogen) atoms. The largest absolute Gasteiger partial charge is 0.396 e. The molecule has 2 N–H and O–H groups in total. The molecule has 0 aliphatic rings. The number of hydrogen-bond acceptors (Lipinski definition) is 4. The van der Waals surface area contributed by atoms with Gasteiger partial charge in [0.2, 0.25) is 0 Å². The highest BCUT2D eigenvalue weighted by molar-refractivity contribution is 7.99. The minimum absolute atomic E-state index is 0.289. The quantitative estimate of drug-likeness (QED) is 0.554. The summed E-state index contributed by atoms with van der Waals surface area (Å²) in [5, 5.41) is 12.5. The van der Waals surface area contributed by atoms with Crippen LogP contribution in [0.2, 0.25) is 5.15 Å². The second-order valence-corrected chi connectivity index (χ2v) is 4.97. The average Bonchev–Trinajstić information content (AvgIpc) is 2.30. The molecular weight excluding hydrogens is 244 g/mol. The molecule has 0 fully saturated rings. The molecule has 90 valence electrons. The van der Waals surface area contributed by atoms with E-state index in [9.17, 15) is 0 Å². The number of halogens is 1. The lowest BCUT2D eigenvalue weighted by Gasteiger charge is -2.04. The molecule has 0 atom stereocenters. The van der Waals surface area contributed by atoms with Crippen molar-refractivity contribution in [2.45, 2.75) is 13.0 Å². The first-order valence-electron chi connectivity index (χ1n) is 5.32. The zero-order valence-electron chi connectivity index (χ0n) is 9.16. The van der Waals surface area contributed by atoms with E-state index >= 15 is 0 Å². The SMILES string of the molecule is OCCCSCCNCc1ccc(Cl)nc1. The van der Waals surface area contributed by atoms with Gasteiger partial charge in [0.05, 0.1) is 0 Å². The van der Waals surface area contributed by atoms with Gasteiger partial charge in [-0.1, -0.05) is 17.7 Å². The Morgan fingerprint density at radius 1 is 1.38 bits per heavy atom. The van der Waals surface area contributed by atoms with E-state index in [1.807, 2.05) is 17.8 Å². The molecule has 0 saturated carbocycles. The van der Waals surface area contributed by atoms with Crippen LogP contribution in [0.4, 0.5) is 0 Å². The molecule has 0 aromatic carbocycles. The summed E-state index contributed by atoms with van der Waals surface area (Å²) in [6.07, 6.45) is 2.67. The minimum Gasteiger partial charge on any atom is -0.396 e. The molecule has 1 rings (SSSR count). The number of nitrogens with zero attached hydrogens (tertiary/aromatic N) is 1. The summed E-state index contributed by atoms with van der Waals surface area (Å²) in [6.45, 7) is 2.08. The molecule has 0 amide bonds. The Kier molecular flexibility index (Phi) is 7.59. The maximum Gasteiger partial charge on any atom is 0.129 e. The molecule has 5 heteroatoms.